The summed E-state index contributed by atoms with van der Waals surface area (Å²) in [6.07, 6.45) is 1.98. The Balaban J connectivity index is 1.88. The number of halogens is 3. The van der Waals surface area contributed by atoms with E-state index in [-0.39, 0.29) is 10.6 Å². The van der Waals surface area contributed by atoms with E-state index in [1.165, 1.54) is 18.2 Å². The molecule has 0 saturated heterocycles. The van der Waals surface area contributed by atoms with Crippen molar-refractivity contribution in [2.45, 2.75) is 28.3 Å². The van der Waals surface area contributed by atoms with Crippen LogP contribution in [0.4, 0.5) is 18.9 Å². The largest absolute Gasteiger partial charge is 0.503 e. The van der Waals surface area contributed by atoms with Crippen molar-refractivity contribution < 1.29 is 34.8 Å². The molecule has 0 fully saturated rings. The molecule has 0 bridgehead atoms. The number of amidine groups is 1. The second kappa shape index (κ2) is 8.26. The number of benzene rings is 1. The van der Waals surface area contributed by atoms with E-state index < -0.39 is 41.9 Å². The molecule has 1 aliphatic heterocycles. The lowest BCUT2D eigenvalue weighted by Gasteiger charge is -2.12. The highest BCUT2D eigenvalue weighted by molar-refractivity contribution is 7.92. The minimum Gasteiger partial charge on any atom is -0.322 e. The third kappa shape index (κ3) is 4.85. The average Bonchev–Trinajstić information content (AvgIpc) is 3.19. The fourth-order valence-electron chi connectivity index (χ4n) is 2.66. The molecule has 1 aliphatic rings. The van der Waals surface area contributed by atoms with E-state index >= 15 is 0 Å². The van der Waals surface area contributed by atoms with Crippen LogP contribution in [-0.4, -0.2) is 45.6 Å². The highest BCUT2D eigenvalue weighted by Gasteiger charge is 2.49. The number of nitrogens with zero attached hydrogens (tertiary/aromatic N) is 2. The predicted octanol–water partition coefficient (Wildman–Crippen LogP) is 2.10. The number of sulfonamides is 1. The number of carbonyl (C=O) groups is 1. The van der Waals surface area contributed by atoms with Crippen LogP contribution >= 0.6 is 0 Å². The smallest absolute Gasteiger partial charge is 0.322 e. The Morgan fingerprint density at radius 1 is 1.06 bits per heavy atom. The highest BCUT2D eigenvalue weighted by atomic mass is 32.2. The van der Waals surface area contributed by atoms with Crippen LogP contribution in [0.3, 0.4) is 0 Å². The molecule has 0 aliphatic carbocycles. The molecular formula is C17H15F3N4O5S2. The van der Waals surface area contributed by atoms with E-state index in [2.05, 4.69) is 20.0 Å². The monoisotopic (exact) mass is 476 g/mol. The first-order valence-electron chi connectivity index (χ1n) is 8.66. The zero-order chi connectivity index (χ0) is 22.9. The maximum atomic E-state index is 12.9. The summed E-state index contributed by atoms with van der Waals surface area (Å²) in [6, 6.07) is 6.87. The molecular weight excluding hydrogens is 461 g/mol. The first-order valence-corrected chi connectivity index (χ1v) is 11.6. The maximum absolute atomic E-state index is 12.9. The summed E-state index contributed by atoms with van der Waals surface area (Å²) in [5.41, 5.74) is -6.58. The van der Waals surface area contributed by atoms with Crippen molar-refractivity contribution in [1.82, 2.24) is 9.71 Å². The van der Waals surface area contributed by atoms with Crippen molar-refractivity contribution in [2.24, 2.45) is 4.99 Å². The number of amides is 1. The van der Waals surface area contributed by atoms with Crippen LogP contribution in [0.5, 0.6) is 0 Å². The molecule has 0 unspecified atom stereocenters. The fraction of sp³-hybridized carbons (Fsp3) is 0.235. The fourth-order valence-corrected chi connectivity index (χ4v) is 4.67. The number of pyridine rings is 1. The molecule has 2 N–H and O–H groups in total. The van der Waals surface area contributed by atoms with Gasteiger partial charge in [-0.05, 0) is 36.8 Å². The minimum absolute atomic E-state index is 0.0829. The third-order valence-electron chi connectivity index (χ3n) is 4.10. The molecule has 0 saturated carbocycles. The van der Waals surface area contributed by atoms with Gasteiger partial charge in [0.15, 0.2) is 5.03 Å². The molecule has 2 aromatic rings. The van der Waals surface area contributed by atoms with Gasteiger partial charge in [-0.3, -0.25) is 14.5 Å². The lowest BCUT2D eigenvalue weighted by atomic mass is 10.2. The Hall–Kier alpha value is -3.00. The normalized spacial score (nSPS) is 14.7. The molecule has 1 aromatic carbocycles. The number of sulfone groups is 1. The summed E-state index contributed by atoms with van der Waals surface area (Å²) in [7, 11) is -9.89. The number of hydrogen-bond donors (Lipinski definition) is 2. The van der Waals surface area contributed by atoms with E-state index in [1.54, 1.807) is 0 Å². The molecule has 1 amide bonds. The number of anilines is 1. The van der Waals surface area contributed by atoms with Crippen molar-refractivity contribution in [2.75, 3.05) is 11.9 Å². The third-order valence-corrected chi connectivity index (χ3v) is 6.93. The molecule has 2 heterocycles. The molecule has 9 nitrogen and oxygen atoms in total. The zero-order valence-corrected chi connectivity index (χ0v) is 17.2. The van der Waals surface area contributed by atoms with E-state index in [0.29, 0.717) is 25.2 Å². The predicted molar refractivity (Wildman–Crippen MR) is 104 cm³/mol. The minimum atomic E-state index is -5.88. The molecule has 0 spiro atoms. The van der Waals surface area contributed by atoms with Crippen molar-refractivity contribution in [3.63, 3.8) is 0 Å². The lowest BCUT2D eigenvalue weighted by molar-refractivity contribution is -0.0438. The van der Waals surface area contributed by atoms with E-state index in [1.807, 2.05) is 0 Å². The van der Waals surface area contributed by atoms with Crippen molar-refractivity contribution >= 4 is 37.3 Å². The quantitative estimate of drug-likeness (QED) is 0.679. The summed E-state index contributed by atoms with van der Waals surface area (Å²) in [6.45, 7) is 0.502. The number of aromatic nitrogens is 1. The van der Waals surface area contributed by atoms with Gasteiger partial charge in [0.1, 0.15) is 5.84 Å². The van der Waals surface area contributed by atoms with Gasteiger partial charge in [0.05, 0.1) is 10.5 Å². The number of alkyl halides is 3. The van der Waals surface area contributed by atoms with E-state index in [4.69, 9.17) is 0 Å². The second-order valence-corrected chi connectivity index (χ2v) is 9.86. The van der Waals surface area contributed by atoms with Gasteiger partial charge in [0, 0.05) is 24.8 Å². The maximum Gasteiger partial charge on any atom is 0.503 e. The summed E-state index contributed by atoms with van der Waals surface area (Å²) >= 11 is 0. The first kappa shape index (κ1) is 22.7. The van der Waals surface area contributed by atoms with Gasteiger partial charge in [-0.15, -0.1) is 0 Å². The second-order valence-electron chi connectivity index (χ2n) is 6.32. The van der Waals surface area contributed by atoms with Crippen LogP contribution in [0.1, 0.15) is 23.2 Å². The SMILES string of the molecule is O=C(Nc1cccc(S(=O)(=O)NC2=NCCC2)c1)c1cccnc1S(=O)(=O)C(F)(F)F. The molecule has 166 valence electrons. The van der Waals surface area contributed by atoms with Crippen molar-refractivity contribution in [3.8, 4) is 0 Å². The Kier molecular flexibility index (Phi) is 6.04. The number of rotatable bonds is 5. The number of hydrogen-bond acceptors (Lipinski definition) is 7. The standard InChI is InChI=1S/C17H15F3N4O5S2/c18-17(19,20)30(26,27)16-13(6-2-9-22-16)15(25)23-11-4-1-5-12(10-11)31(28,29)24-14-7-3-8-21-14/h1-2,4-6,9-10H,3,7-8H2,(H,21,24)(H,23,25). The van der Waals surface area contributed by atoms with Crippen molar-refractivity contribution in [3.05, 3.63) is 48.2 Å². The van der Waals surface area contributed by atoms with E-state index in [0.717, 1.165) is 24.4 Å². The van der Waals surface area contributed by atoms with Crippen LogP contribution < -0.4 is 10.0 Å². The van der Waals surface area contributed by atoms with Gasteiger partial charge in [-0.25, -0.2) is 21.8 Å². The van der Waals surface area contributed by atoms with Crippen LogP contribution in [0.25, 0.3) is 0 Å². The Morgan fingerprint density at radius 2 is 1.81 bits per heavy atom. The number of carbonyl (C=O) groups excluding carboxylic acids is 1. The highest BCUT2D eigenvalue weighted by Crippen LogP contribution is 2.31. The Labute approximate surface area is 175 Å². The Bertz CT molecular complexity index is 1260. The number of aliphatic imine (C=N–C) groups is 1. The molecule has 31 heavy (non-hydrogen) atoms. The van der Waals surface area contributed by atoms with Crippen LogP contribution in [0, 0.1) is 0 Å². The molecule has 1 aromatic heterocycles. The van der Waals surface area contributed by atoms with Gasteiger partial charge >= 0.3 is 5.51 Å². The topological polar surface area (TPSA) is 135 Å². The summed E-state index contributed by atoms with van der Waals surface area (Å²) in [4.78, 5) is 19.5. The van der Waals surface area contributed by atoms with Crippen LogP contribution in [0.15, 0.2) is 57.5 Å². The van der Waals surface area contributed by atoms with Gasteiger partial charge in [-0.1, -0.05) is 6.07 Å². The molecule has 14 heteroatoms. The molecule has 0 radical (unpaired) electrons. The van der Waals surface area contributed by atoms with E-state index in [9.17, 15) is 34.8 Å². The zero-order valence-electron chi connectivity index (χ0n) is 15.5. The van der Waals surface area contributed by atoms with Crippen LogP contribution in [0.2, 0.25) is 0 Å². The lowest BCUT2D eigenvalue weighted by Crippen LogP contribution is -2.29. The first-order chi connectivity index (χ1) is 14.4. The number of nitrogens with one attached hydrogen (secondary N) is 2. The van der Waals surface area contributed by atoms with Gasteiger partial charge in [0.25, 0.3) is 25.8 Å². The van der Waals surface area contributed by atoms with Crippen LogP contribution in [-0.2, 0) is 19.9 Å². The van der Waals surface area contributed by atoms with Crippen molar-refractivity contribution in [1.29, 1.82) is 0 Å². The van der Waals surface area contributed by atoms with Gasteiger partial charge in [0.2, 0.25) is 0 Å². The van der Waals surface area contributed by atoms with Gasteiger partial charge < -0.3 is 5.32 Å². The molecule has 0 atom stereocenters. The summed E-state index contributed by atoms with van der Waals surface area (Å²) in [5, 5.41) is 0.741. The van der Waals surface area contributed by atoms with Gasteiger partial charge in [-0.2, -0.15) is 13.2 Å². The summed E-state index contributed by atoms with van der Waals surface area (Å²) in [5.74, 6) is -0.912. The summed E-state index contributed by atoms with van der Waals surface area (Å²) < 4.78 is 89.4. The average molecular weight is 476 g/mol. The molecule has 3 rings (SSSR count). The Morgan fingerprint density at radius 3 is 2.45 bits per heavy atom.